The van der Waals surface area contributed by atoms with Crippen molar-refractivity contribution in [1.29, 1.82) is 0 Å². The monoisotopic (exact) mass is 214 g/mol. The summed E-state index contributed by atoms with van der Waals surface area (Å²) in [5, 5.41) is 11.6. The highest BCUT2D eigenvalue weighted by Gasteiger charge is 2.21. The summed E-state index contributed by atoms with van der Waals surface area (Å²) >= 11 is 0. The van der Waals surface area contributed by atoms with Crippen LogP contribution in [0.4, 0.5) is 0 Å². The molecule has 4 heteroatoms. The Morgan fingerprint density at radius 3 is 2.87 bits per heavy atom. The number of hydrogen-bond acceptors (Lipinski definition) is 3. The van der Waals surface area contributed by atoms with Crippen LogP contribution >= 0.6 is 0 Å². The van der Waals surface area contributed by atoms with Gasteiger partial charge in [-0.05, 0) is 39.3 Å². The van der Waals surface area contributed by atoms with Crippen LogP contribution in [0.5, 0.6) is 0 Å². The molecule has 1 heterocycles. The van der Waals surface area contributed by atoms with E-state index in [0.717, 1.165) is 38.8 Å². The first-order valence-corrected chi connectivity index (χ1v) is 5.81. The van der Waals surface area contributed by atoms with Gasteiger partial charge in [0, 0.05) is 25.6 Å². The lowest BCUT2D eigenvalue weighted by molar-refractivity contribution is -0.119. The topological polar surface area (TPSA) is 52.6 Å². The first-order valence-electron chi connectivity index (χ1n) is 5.81. The normalized spacial score (nSPS) is 21.0. The number of carbonyl (C=O) groups is 1. The van der Waals surface area contributed by atoms with Crippen molar-refractivity contribution in [3.8, 4) is 0 Å². The smallest absolute Gasteiger partial charge is 0.220 e. The lowest BCUT2D eigenvalue weighted by Crippen LogP contribution is -2.37. The van der Waals surface area contributed by atoms with Gasteiger partial charge in [-0.1, -0.05) is 0 Å². The Morgan fingerprint density at radius 2 is 2.27 bits per heavy atom. The number of aliphatic hydroxyl groups is 1. The van der Waals surface area contributed by atoms with E-state index in [1.54, 1.807) is 0 Å². The van der Waals surface area contributed by atoms with Crippen LogP contribution in [0.15, 0.2) is 0 Å². The van der Waals surface area contributed by atoms with Crippen LogP contribution in [0.1, 0.15) is 32.1 Å². The van der Waals surface area contributed by atoms with E-state index in [4.69, 9.17) is 5.11 Å². The highest BCUT2D eigenvalue weighted by molar-refractivity contribution is 5.78. The van der Waals surface area contributed by atoms with E-state index >= 15 is 0 Å². The fraction of sp³-hybridized carbons (Fsp3) is 0.909. The molecule has 1 aliphatic heterocycles. The summed E-state index contributed by atoms with van der Waals surface area (Å²) < 4.78 is 0. The van der Waals surface area contributed by atoms with E-state index in [9.17, 15) is 4.79 Å². The lowest BCUT2D eigenvalue weighted by Gasteiger charge is -2.20. The van der Waals surface area contributed by atoms with Gasteiger partial charge in [0.2, 0.25) is 5.91 Å². The molecule has 0 spiro atoms. The first kappa shape index (κ1) is 12.5. The first-order chi connectivity index (χ1) is 7.22. The molecule has 1 unspecified atom stereocenters. The van der Waals surface area contributed by atoms with Crippen LogP contribution in [0.2, 0.25) is 0 Å². The molecule has 4 nitrogen and oxygen atoms in total. The van der Waals surface area contributed by atoms with E-state index < -0.39 is 0 Å². The van der Waals surface area contributed by atoms with Gasteiger partial charge < -0.3 is 15.3 Å². The molecule has 0 radical (unpaired) electrons. The molecule has 88 valence electrons. The van der Waals surface area contributed by atoms with Gasteiger partial charge in [0.05, 0.1) is 0 Å². The molecule has 15 heavy (non-hydrogen) atoms. The number of unbranched alkanes of at least 4 members (excludes halogenated alkanes) is 2. The van der Waals surface area contributed by atoms with Gasteiger partial charge in [0.15, 0.2) is 0 Å². The van der Waals surface area contributed by atoms with Crippen molar-refractivity contribution in [3.63, 3.8) is 0 Å². The molecule has 0 aromatic carbocycles. The van der Waals surface area contributed by atoms with Crippen molar-refractivity contribution in [2.45, 2.75) is 38.1 Å². The largest absolute Gasteiger partial charge is 0.396 e. The number of amides is 1. The zero-order valence-electron chi connectivity index (χ0n) is 9.54. The Bertz CT molecular complexity index is 197. The van der Waals surface area contributed by atoms with Crippen LogP contribution in [0, 0.1) is 0 Å². The second-order valence-electron chi connectivity index (χ2n) is 4.35. The van der Waals surface area contributed by atoms with E-state index in [1.807, 2.05) is 0 Å². The summed E-state index contributed by atoms with van der Waals surface area (Å²) in [6.07, 6.45) is 4.76. The van der Waals surface area contributed by atoms with E-state index in [1.165, 1.54) is 0 Å². The second-order valence-corrected chi connectivity index (χ2v) is 4.35. The van der Waals surface area contributed by atoms with Crippen LogP contribution in [-0.2, 0) is 4.79 Å². The van der Waals surface area contributed by atoms with Gasteiger partial charge in [-0.25, -0.2) is 0 Å². The lowest BCUT2D eigenvalue weighted by atomic mass is 10.2. The third-order valence-electron chi connectivity index (χ3n) is 2.81. The van der Waals surface area contributed by atoms with Crippen molar-refractivity contribution >= 4 is 5.91 Å². The number of rotatable bonds is 7. The average molecular weight is 214 g/mol. The highest BCUT2D eigenvalue weighted by Crippen LogP contribution is 2.08. The molecular formula is C11H22N2O2. The second kappa shape index (κ2) is 6.80. The minimum absolute atomic E-state index is 0.189. The quantitative estimate of drug-likeness (QED) is 0.602. The predicted molar refractivity (Wildman–Crippen MR) is 59.6 cm³/mol. The third kappa shape index (κ3) is 5.14. The van der Waals surface area contributed by atoms with Gasteiger partial charge in [0.25, 0.3) is 0 Å². The Balaban J connectivity index is 2.02. The minimum atomic E-state index is 0.189. The Morgan fingerprint density at radius 1 is 1.47 bits per heavy atom. The molecule has 2 N–H and O–H groups in total. The zero-order chi connectivity index (χ0) is 11.1. The SMILES string of the molecule is CN(CCCCCO)CC1CCC(=O)N1. The van der Waals surface area contributed by atoms with Gasteiger partial charge >= 0.3 is 0 Å². The molecule has 0 aromatic rings. The number of likely N-dealkylation sites (N-methyl/N-ethyl adjacent to an activating group) is 1. The van der Waals surface area contributed by atoms with E-state index in [2.05, 4.69) is 17.3 Å². The Labute approximate surface area is 91.6 Å². The molecule has 1 atom stereocenters. The Hall–Kier alpha value is -0.610. The number of nitrogens with one attached hydrogen (secondary N) is 1. The Kier molecular flexibility index (Phi) is 5.65. The van der Waals surface area contributed by atoms with Gasteiger partial charge in [-0.15, -0.1) is 0 Å². The van der Waals surface area contributed by atoms with Crippen LogP contribution in [0.25, 0.3) is 0 Å². The number of aliphatic hydroxyl groups excluding tert-OH is 1. The molecule has 1 fully saturated rings. The predicted octanol–water partition coefficient (Wildman–Crippen LogP) is 0.359. The number of nitrogens with zero attached hydrogens (tertiary/aromatic N) is 1. The minimum Gasteiger partial charge on any atom is -0.396 e. The van der Waals surface area contributed by atoms with E-state index in [0.29, 0.717) is 19.1 Å². The van der Waals surface area contributed by atoms with Crippen LogP contribution < -0.4 is 5.32 Å². The van der Waals surface area contributed by atoms with Crippen molar-refractivity contribution in [3.05, 3.63) is 0 Å². The average Bonchev–Trinajstić information content (AvgIpc) is 2.59. The third-order valence-corrected chi connectivity index (χ3v) is 2.81. The summed E-state index contributed by atoms with van der Waals surface area (Å²) in [5.74, 6) is 0.189. The summed E-state index contributed by atoms with van der Waals surface area (Å²) in [4.78, 5) is 13.2. The number of hydrogen-bond donors (Lipinski definition) is 2. The molecule has 0 aliphatic carbocycles. The summed E-state index contributed by atoms with van der Waals surface area (Å²) in [6, 6.07) is 0.348. The molecule has 1 rings (SSSR count). The highest BCUT2D eigenvalue weighted by atomic mass is 16.2. The molecule has 1 aliphatic rings. The molecule has 1 saturated heterocycles. The maximum Gasteiger partial charge on any atom is 0.220 e. The van der Waals surface area contributed by atoms with Crippen molar-refractivity contribution < 1.29 is 9.90 Å². The summed E-state index contributed by atoms with van der Waals surface area (Å²) in [6.45, 7) is 2.29. The molecular weight excluding hydrogens is 192 g/mol. The molecule has 0 bridgehead atoms. The van der Waals surface area contributed by atoms with Crippen molar-refractivity contribution in [2.24, 2.45) is 0 Å². The fourth-order valence-electron chi connectivity index (χ4n) is 1.95. The van der Waals surface area contributed by atoms with Crippen molar-refractivity contribution in [2.75, 3.05) is 26.7 Å². The van der Waals surface area contributed by atoms with Crippen molar-refractivity contribution in [1.82, 2.24) is 10.2 Å². The standard InChI is InChI=1S/C11H22N2O2/c1-13(7-3-2-4-8-14)9-10-5-6-11(15)12-10/h10,14H,2-9H2,1H3,(H,12,15). The summed E-state index contributed by atoms with van der Waals surface area (Å²) in [7, 11) is 2.09. The van der Waals surface area contributed by atoms with E-state index in [-0.39, 0.29) is 5.91 Å². The molecule has 0 aromatic heterocycles. The van der Waals surface area contributed by atoms with Crippen LogP contribution in [-0.4, -0.2) is 48.7 Å². The number of carbonyl (C=O) groups excluding carboxylic acids is 1. The molecule has 0 saturated carbocycles. The zero-order valence-corrected chi connectivity index (χ0v) is 9.54. The van der Waals surface area contributed by atoms with Gasteiger partial charge in [-0.2, -0.15) is 0 Å². The molecule has 1 amide bonds. The fourth-order valence-corrected chi connectivity index (χ4v) is 1.95. The van der Waals surface area contributed by atoms with Crippen LogP contribution in [0.3, 0.4) is 0 Å². The maximum atomic E-state index is 11.0. The maximum absolute atomic E-state index is 11.0. The van der Waals surface area contributed by atoms with Gasteiger partial charge in [0.1, 0.15) is 0 Å². The summed E-state index contributed by atoms with van der Waals surface area (Å²) in [5.41, 5.74) is 0. The van der Waals surface area contributed by atoms with Gasteiger partial charge in [-0.3, -0.25) is 4.79 Å².